The Bertz CT molecular complexity index is 495. The molecule has 1 aromatic rings. The smallest absolute Gasteiger partial charge is 0.289 e. The summed E-state index contributed by atoms with van der Waals surface area (Å²) in [5.74, 6) is -3.29. The van der Waals surface area contributed by atoms with E-state index in [2.05, 4.69) is 5.32 Å². The quantitative estimate of drug-likeness (QED) is 0.868. The van der Waals surface area contributed by atoms with Crippen molar-refractivity contribution in [2.24, 2.45) is 0 Å². The van der Waals surface area contributed by atoms with E-state index in [1.807, 2.05) is 6.07 Å². The number of nitriles is 1. The maximum absolute atomic E-state index is 14.2. The molecule has 2 rings (SSSR count). The number of hydrogen-bond acceptors (Lipinski definition) is 4. The summed E-state index contributed by atoms with van der Waals surface area (Å²) < 4.78 is 28.4. The maximum atomic E-state index is 14.2. The van der Waals surface area contributed by atoms with Crippen molar-refractivity contribution in [1.82, 2.24) is 10.2 Å². The van der Waals surface area contributed by atoms with Crippen LogP contribution in [0.25, 0.3) is 0 Å². The third-order valence-corrected chi connectivity index (χ3v) is 3.50. The van der Waals surface area contributed by atoms with E-state index in [1.54, 1.807) is 17.0 Å². The van der Waals surface area contributed by atoms with Gasteiger partial charge in [-0.15, -0.1) is 0 Å². The molecule has 4 nitrogen and oxygen atoms in total. The van der Waals surface area contributed by atoms with Gasteiger partial charge in [-0.2, -0.15) is 5.26 Å². The van der Waals surface area contributed by atoms with Crippen molar-refractivity contribution in [3.05, 3.63) is 35.4 Å². The number of alkyl halides is 2. The first-order chi connectivity index (χ1) is 9.60. The van der Waals surface area contributed by atoms with Gasteiger partial charge in [-0.25, -0.2) is 8.78 Å². The Hall–Kier alpha value is -1.55. The van der Waals surface area contributed by atoms with Crippen LogP contribution in [0.2, 0.25) is 0 Å². The molecule has 0 radical (unpaired) electrons. The van der Waals surface area contributed by atoms with Crippen LogP contribution in [-0.2, 0) is 0 Å². The topological polar surface area (TPSA) is 59.3 Å². The van der Waals surface area contributed by atoms with Gasteiger partial charge in [-0.05, 0) is 11.6 Å². The third-order valence-electron chi connectivity index (χ3n) is 3.50. The fourth-order valence-electron chi connectivity index (χ4n) is 2.56. The highest BCUT2D eigenvalue weighted by Crippen LogP contribution is 2.37. The fraction of sp³-hybridized carbons (Fsp3) is 0.500. The lowest BCUT2D eigenvalue weighted by molar-refractivity contribution is -0.118. The molecular weight excluding hydrogens is 264 g/mol. The number of rotatable bonds is 4. The zero-order valence-electron chi connectivity index (χ0n) is 11.0. The standard InChI is InChI=1S/C14H17F2N3O/c15-14(16,10-20)13(19-7-5-18-6-8-19)12-4-2-1-3-11(12)9-17/h1-4,13,18,20H,5-8,10H2/t13-/m0/s1. The predicted octanol–water partition coefficient (Wildman–Crippen LogP) is 1.13. The van der Waals surface area contributed by atoms with Gasteiger partial charge >= 0.3 is 0 Å². The first-order valence-electron chi connectivity index (χ1n) is 6.52. The second kappa shape index (κ2) is 6.27. The molecule has 0 saturated carbocycles. The van der Waals surface area contributed by atoms with Crippen molar-refractivity contribution >= 4 is 0 Å². The van der Waals surface area contributed by atoms with Crippen molar-refractivity contribution in [3.63, 3.8) is 0 Å². The van der Waals surface area contributed by atoms with Gasteiger partial charge in [0.25, 0.3) is 5.92 Å². The Kier molecular flexibility index (Phi) is 4.65. The summed E-state index contributed by atoms with van der Waals surface area (Å²) in [4.78, 5) is 1.63. The molecule has 1 aliphatic rings. The molecule has 0 bridgehead atoms. The Morgan fingerprint density at radius 2 is 2.00 bits per heavy atom. The van der Waals surface area contributed by atoms with E-state index in [0.717, 1.165) is 0 Å². The van der Waals surface area contributed by atoms with Crippen molar-refractivity contribution < 1.29 is 13.9 Å². The summed E-state index contributed by atoms with van der Waals surface area (Å²) in [6, 6.07) is 7.03. The Morgan fingerprint density at radius 1 is 1.35 bits per heavy atom. The lowest BCUT2D eigenvalue weighted by atomic mass is 9.94. The van der Waals surface area contributed by atoms with Gasteiger partial charge in [0.1, 0.15) is 12.6 Å². The molecule has 1 aromatic carbocycles. The molecule has 0 aliphatic carbocycles. The number of aliphatic hydroxyl groups is 1. The van der Waals surface area contributed by atoms with Crippen LogP contribution in [0.4, 0.5) is 8.78 Å². The maximum Gasteiger partial charge on any atom is 0.289 e. The van der Waals surface area contributed by atoms with E-state index in [9.17, 15) is 8.78 Å². The average Bonchev–Trinajstić information content (AvgIpc) is 2.49. The van der Waals surface area contributed by atoms with Crippen LogP contribution in [0.15, 0.2) is 24.3 Å². The number of benzene rings is 1. The van der Waals surface area contributed by atoms with E-state index in [-0.39, 0.29) is 11.1 Å². The number of piperazine rings is 1. The summed E-state index contributed by atoms with van der Waals surface area (Å²) >= 11 is 0. The molecule has 1 aliphatic heterocycles. The Balaban J connectivity index is 2.43. The van der Waals surface area contributed by atoms with Gasteiger partial charge in [0, 0.05) is 26.2 Å². The Labute approximate surface area is 116 Å². The Morgan fingerprint density at radius 3 is 2.60 bits per heavy atom. The monoisotopic (exact) mass is 281 g/mol. The van der Waals surface area contributed by atoms with Gasteiger partial charge in [0.2, 0.25) is 0 Å². The van der Waals surface area contributed by atoms with Gasteiger partial charge in [-0.3, -0.25) is 4.90 Å². The minimum atomic E-state index is -3.29. The summed E-state index contributed by atoms with van der Waals surface area (Å²) in [5, 5.41) is 21.3. The highest BCUT2D eigenvalue weighted by Gasteiger charge is 2.44. The largest absolute Gasteiger partial charge is 0.390 e. The van der Waals surface area contributed by atoms with Crippen LogP contribution in [0.1, 0.15) is 17.2 Å². The first kappa shape index (κ1) is 14.9. The average molecular weight is 281 g/mol. The minimum absolute atomic E-state index is 0.226. The van der Waals surface area contributed by atoms with Crippen molar-refractivity contribution in [3.8, 4) is 6.07 Å². The van der Waals surface area contributed by atoms with Crippen LogP contribution in [0.3, 0.4) is 0 Å². The van der Waals surface area contributed by atoms with E-state index >= 15 is 0 Å². The molecule has 1 fully saturated rings. The predicted molar refractivity (Wildman–Crippen MR) is 70.4 cm³/mol. The number of hydrogen-bond donors (Lipinski definition) is 2. The molecule has 108 valence electrons. The number of nitrogens with zero attached hydrogens (tertiary/aromatic N) is 2. The molecule has 0 spiro atoms. The van der Waals surface area contributed by atoms with Gasteiger partial charge in [-0.1, -0.05) is 18.2 Å². The summed E-state index contributed by atoms with van der Waals surface area (Å²) in [6.45, 7) is 0.918. The minimum Gasteiger partial charge on any atom is -0.390 e. The second-order valence-corrected chi connectivity index (χ2v) is 4.81. The van der Waals surface area contributed by atoms with Crippen LogP contribution in [0, 0.1) is 11.3 Å². The SMILES string of the molecule is N#Cc1ccccc1[C@H](N1CCNCC1)C(F)(F)CO. The first-order valence-corrected chi connectivity index (χ1v) is 6.52. The fourth-order valence-corrected chi connectivity index (χ4v) is 2.56. The molecule has 1 saturated heterocycles. The molecule has 6 heteroatoms. The lowest BCUT2D eigenvalue weighted by Crippen LogP contribution is -2.51. The van der Waals surface area contributed by atoms with E-state index in [4.69, 9.17) is 10.4 Å². The summed E-state index contributed by atoms with van der Waals surface area (Å²) in [5.41, 5.74) is 0.500. The molecule has 20 heavy (non-hydrogen) atoms. The molecule has 1 atom stereocenters. The van der Waals surface area contributed by atoms with Gasteiger partial charge in [0.15, 0.2) is 0 Å². The highest BCUT2D eigenvalue weighted by atomic mass is 19.3. The number of nitrogens with one attached hydrogen (secondary N) is 1. The summed E-state index contributed by atoms with van der Waals surface area (Å²) in [7, 11) is 0. The molecule has 0 amide bonds. The van der Waals surface area contributed by atoms with E-state index in [0.29, 0.717) is 26.2 Å². The van der Waals surface area contributed by atoms with Gasteiger partial charge < -0.3 is 10.4 Å². The van der Waals surface area contributed by atoms with Gasteiger partial charge in [0.05, 0.1) is 11.6 Å². The molecular formula is C14H17F2N3O. The second-order valence-electron chi connectivity index (χ2n) is 4.81. The van der Waals surface area contributed by atoms with E-state index in [1.165, 1.54) is 12.1 Å². The number of aliphatic hydroxyl groups excluding tert-OH is 1. The van der Waals surface area contributed by atoms with Crippen molar-refractivity contribution in [1.29, 1.82) is 5.26 Å². The van der Waals surface area contributed by atoms with Crippen molar-refractivity contribution in [2.45, 2.75) is 12.0 Å². The molecule has 0 unspecified atom stereocenters. The summed E-state index contributed by atoms with van der Waals surface area (Å²) in [6.07, 6.45) is 0. The molecule has 1 heterocycles. The van der Waals surface area contributed by atoms with E-state index < -0.39 is 18.6 Å². The number of halogens is 2. The molecule has 0 aromatic heterocycles. The third kappa shape index (κ3) is 2.96. The van der Waals surface area contributed by atoms with Crippen LogP contribution < -0.4 is 5.32 Å². The van der Waals surface area contributed by atoms with Crippen LogP contribution >= 0.6 is 0 Å². The molecule has 2 N–H and O–H groups in total. The van der Waals surface area contributed by atoms with Crippen molar-refractivity contribution in [2.75, 3.05) is 32.8 Å². The van der Waals surface area contributed by atoms with Crippen LogP contribution in [0.5, 0.6) is 0 Å². The lowest BCUT2D eigenvalue weighted by Gasteiger charge is -2.39. The zero-order valence-corrected chi connectivity index (χ0v) is 11.0. The normalized spacial score (nSPS) is 18.5. The van der Waals surface area contributed by atoms with Crippen LogP contribution in [-0.4, -0.2) is 48.7 Å². The zero-order chi connectivity index (χ0) is 14.6. The highest BCUT2D eigenvalue weighted by molar-refractivity contribution is 5.40.